The van der Waals surface area contributed by atoms with Crippen LogP contribution in [0.1, 0.15) is 109 Å². The van der Waals surface area contributed by atoms with Crippen LogP contribution >= 0.6 is 129 Å². The SMILES string of the molecule is BrCc1sc2ccccc2c1Br.CC(C)(C)[O-].CC(C)OP(=O)(Cc1sc2ccccc2c1Br)OC(C)C.CC(C)OP(=O)(OC(C)C)C(Cc1ccc(F)c(F)c1)c1sc2ccccc2c1Br.Fc1ccc(CBr)cc1F.[H-].[K+]. The van der Waals surface area contributed by atoms with Crippen molar-refractivity contribution in [3.8, 4) is 0 Å². The van der Waals surface area contributed by atoms with E-state index in [0.29, 0.717) is 17.1 Å². The molecule has 0 aliphatic carbocycles. The van der Waals surface area contributed by atoms with E-state index in [-0.39, 0.29) is 83.6 Å². The van der Waals surface area contributed by atoms with Gasteiger partial charge in [0, 0.05) is 69.0 Å². The van der Waals surface area contributed by atoms with Crippen molar-refractivity contribution in [3.05, 3.63) is 172 Å². The van der Waals surface area contributed by atoms with Gasteiger partial charge in [0.1, 0.15) is 5.66 Å². The van der Waals surface area contributed by atoms with Gasteiger partial charge in [-0.05, 0) is 163 Å². The summed E-state index contributed by atoms with van der Waals surface area (Å²) in [4.78, 5) is 3.16. The Morgan fingerprint density at radius 1 is 0.532 bits per heavy atom. The van der Waals surface area contributed by atoms with Crippen LogP contribution in [-0.2, 0) is 50.5 Å². The van der Waals surface area contributed by atoms with E-state index in [4.69, 9.17) is 18.1 Å². The summed E-state index contributed by atoms with van der Waals surface area (Å²) in [6.45, 7) is 19.6. The molecule has 0 amide bonds. The average molecular weight is 1530 g/mol. The zero-order chi connectivity index (χ0) is 58.3. The van der Waals surface area contributed by atoms with Crippen LogP contribution in [-0.4, -0.2) is 30.0 Å². The smallest absolute Gasteiger partial charge is 1.00 e. The zero-order valence-corrected chi connectivity index (χ0v) is 61.3. The summed E-state index contributed by atoms with van der Waals surface area (Å²) < 4.78 is 109. The third-order valence-electron chi connectivity index (χ3n) is 9.92. The minimum Gasteiger partial charge on any atom is -1.00 e. The molecule has 0 saturated carbocycles. The molecule has 22 heteroatoms. The van der Waals surface area contributed by atoms with Gasteiger partial charge in [0.15, 0.2) is 23.3 Å². The second-order valence-electron chi connectivity index (χ2n) is 19.5. The number of thiophene rings is 3. The van der Waals surface area contributed by atoms with Crippen molar-refractivity contribution in [2.24, 2.45) is 0 Å². The zero-order valence-electron chi connectivity index (χ0n) is 47.0. The van der Waals surface area contributed by atoms with Crippen molar-refractivity contribution in [2.45, 2.75) is 135 Å². The molecule has 1 atom stereocenters. The Balaban J connectivity index is 0.000000378. The van der Waals surface area contributed by atoms with Crippen LogP contribution in [0.5, 0.6) is 0 Å². The van der Waals surface area contributed by atoms with Crippen molar-refractivity contribution in [1.29, 1.82) is 0 Å². The molecule has 428 valence electrons. The van der Waals surface area contributed by atoms with Gasteiger partial charge in [-0.2, -0.15) is 0 Å². The Morgan fingerprint density at radius 3 is 1.28 bits per heavy atom. The van der Waals surface area contributed by atoms with Crippen LogP contribution in [0.2, 0.25) is 0 Å². The summed E-state index contributed by atoms with van der Waals surface area (Å²) in [5.74, 6) is -3.45. The predicted molar refractivity (Wildman–Crippen MR) is 338 cm³/mol. The van der Waals surface area contributed by atoms with Crippen LogP contribution in [0.15, 0.2) is 123 Å². The first-order chi connectivity index (χ1) is 36.5. The van der Waals surface area contributed by atoms with Crippen LogP contribution in [0.4, 0.5) is 17.6 Å². The van der Waals surface area contributed by atoms with E-state index in [1.54, 1.807) is 59.8 Å². The summed E-state index contributed by atoms with van der Waals surface area (Å²) in [6.07, 6.45) is -0.473. The van der Waals surface area contributed by atoms with Gasteiger partial charge in [-0.3, -0.25) is 9.13 Å². The molecule has 8 aromatic rings. The fraction of sp³-hybridized carbons (Fsp3) is 0.368. The molecule has 8 rings (SSSR count). The van der Waals surface area contributed by atoms with Gasteiger partial charge in [0.25, 0.3) is 0 Å². The van der Waals surface area contributed by atoms with E-state index in [1.165, 1.54) is 53.7 Å². The van der Waals surface area contributed by atoms with Crippen LogP contribution in [0, 0.1) is 23.3 Å². The number of hydrogen-bond acceptors (Lipinski definition) is 10. The molecule has 1 unspecified atom stereocenters. The maximum absolute atomic E-state index is 14.1. The molecule has 0 aliphatic rings. The molecular weight excluding hydrogens is 1470 g/mol. The van der Waals surface area contributed by atoms with Crippen LogP contribution < -0.4 is 56.5 Å². The first-order valence-corrected chi connectivity index (χ1v) is 35.0. The van der Waals surface area contributed by atoms with E-state index in [1.807, 2.05) is 75.4 Å². The van der Waals surface area contributed by atoms with Gasteiger partial charge in [0.05, 0.1) is 30.6 Å². The van der Waals surface area contributed by atoms with Crippen molar-refractivity contribution < 1.29 is 103 Å². The van der Waals surface area contributed by atoms with E-state index >= 15 is 0 Å². The fourth-order valence-corrected chi connectivity index (χ4v) is 20.1. The second kappa shape index (κ2) is 34.4. The summed E-state index contributed by atoms with van der Waals surface area (Å²) in [5.41, 5.74) is -0.180. The summed E-state index contributed by atoms with van der Waals surface area (Å²) >= 11 is 22.4. The van der Waals surface area contributed by atoms with E-state index < -0.39 is 49.7 Å². The van der Waals surface area contributed by atoms with Crippen LogP contribution in [0.25, 0.3) is 30.3 Å². The van der Waals surface area contributed by atoms with Gasteiger partial charge >= 0.3 is 66.6 Å². The molecule has 0 aliphatic heterocycles. The maximum atomic E-state index is 14.1. The molecular formula is C57H65Br5F4KO7P2S3-. The standard InChI is InChI=1S/C22H24BrF2O3PS.C15H20BrO3PS.C9H6Br2S.C7H5BrF2.C4H9O.K.H/c1-13(2)27-29(26,28-14(3)4)19(12-15-9-10-17(24)18(25)11-15)22-21(23)16-7-5-6-8-20(16)30-22;1-10(2)18-20(17,19-11(3)4)9-14-15(16)12-7-5-6-8-13(12)21-14;10-5-8-9(11)6-3-1-2-4-7(6)12-8;8-4-5-1-2-6(9)7(10)3-5;1-4(2,3)5;;/h5-11,13-14,19H,12H2,1-4H3;5-8,10-11H,9H2,1-4H3;1-4H,5H2;1-3H,4H2;1-3H3;;/q;;;;-1;+1;-1. The Morgan fingerprint density at radius 2 is 0.899 bits per heavy atom. The van der Waals surface area contributed by atoms with Crippen molar-refractivity contribution in [2.75, 3.05) is 0 Å². The van der Waals surface area contributed by atoms with Gasteiger partial charge in [-0.15, -0.1) is 39.6 Å². The van der Waals surface area contributed by atoms with Gasteiger partial charge < -0.3 is 24.6 Å². The average Bonchev–Trinajstić information content (AvgIpc) is 3.97. The molecule has 0 saturated heterocycles. The van der Waals surface area contributed by atoms with Gasteiger partial charge in [-0.25, -0.2) is 17.6 Å². The molecule has 79 heavy (non-hydrogen) atoms. The fourth-order valence-electron chi connectivity index (χ4n) is 7.10. The maximum Gasteiger partial charge on any atom is 1.00 e. The molecule has 0 radical (unpaired) electrons. The Kier molecular flexibility index (Phi) is 31.9. The van der Waals surface area contributed by atoms with Gasteiger partial charge in [-0.1, -0.05) is 119 Å². The number of benzene rings is 5. The Bertz CT molecular complexity index is 3270. The Hall–Kier alpha value is -0.00364. The normalized spacial score (nSPS) is 12.2. The number of fused-ring (bicyclic) bond motifs is 3. The molecule has 0 spiro atoms. The number of halogens is 9. The quantitative estimate of drug-likeness (QED) is 0.0412. The molecule has 7 nitrogen and oxygen atoms in total. The largest absolute Gasteiger partial charge is 1.00 e. The van der Waals surface area contributed by atoms with Crippen molar-refractivity contribution in [1.82, 2.24) is 0 Å². The molecule has 0 fully saturated rings. The van der Waals surface area contributed by atoms with E-state index in [0.717, 1.165) is 63.3 Å². The number of hydrogen-bond donors (Lipinski definition) is 0. The third kappa shape index (κ3) is 23.7. The molecule has 0 N–H and O–H groups in total. The molecule has 5 aromatic carbocycles. The molecule has 0 bridgehead atoms. The Labute approximate surface area is 561 Å². The van der Waals surface area contributed by atoms with E-state index in [9.17, 15) is 31.8 Å². The summed E-state index contributed by atoms with van der Waals surface area (Å²) in [5, 5.41) is 15.0. The second-order valence-corrected chi connectivity index (χ2v) is 30.4. The molecule has 3 aromatic heterocycles. The topological polar surface area (TPSA) is 94.1 Å². The predicted octanol–water partition coefficient (Wildman–Crippen LogP) is 19.2. The first kappa shape index (κ1) is 73.3. The minimum absolute atomic E-state index is 0. The van der Waals surface area contributed by atoms with Gasteiger partial charge in [0.2, 0.25) is 0 Å². The van der Waals surface area contributed by atoms with E-state index in [2.05, 4.69) is 116 Å². The number of rotatable bonds is 16. The summed E-state index contributed by atoms with van der Waals surface area (Å²) in [6, 6.07) is 31.9. The summed E-state index contributed by atoms with van der Waals surface area (Å²) in [7, 11) is -6.83. The first-order valence-electron chi connectivity index (χ1n) is 24.6. The third-order valence-corrected chi connectivity index (χ3v) is 23.8. The molecule has 3 heterocycles. The van der Waals surface area contributed by atoms with Crippen LogP contribution in [0.3, 0.4) is 0 Å². The monoisotopic (exact) mass is 1530 g/mol. The number of alkyl halides is 2. The van der Waals surface area contributed by atoms with Crippen molar-refractivity contribution >= 4 is 159 Å². The van der Waals surface area contributed by atoms with Crippen molar-refractivity contribution in [3.63, 3.8) is 0 Å². The minimum atomic E-state index is -3.67.